The standard InChI is InChI=1S/C23H26ClFN2O4/c1-15-11-27(16(2)10-26(15)12-17-4-6-19(25)7-5-17)22(29)14-31-23-20(24)8-18(13-28)9-21(23)30-3/h4-9,13,15-16H,10-12,14H2,1-3H3/t15-,16+/m1/s1. The first kappa shape index (κ1) is 23.0. The van der Waals surface area contributed by atoms with Crippen LogP contribution < -0.4 is 9.47 Å². The van der Waals surface area contributed by atoms with E-state index in [4.69, 9.17) is 21.1 Å². The fraction of sp³-hybridized carbons (Fsp3) is 0.391. The Labute approximate surface area is 186 Å². The van der Waals surface area contributed by atoms with Gasteiger partial charge in [0.15, 0.2) is 18.1 Å². The number of ether oxygens (including phenoxy) is 2. The minimum Gasteiger partial charge on any atom is -0.493 e. The highest BCUT2D eigenvalue weighted by atomic mass is 35.5. The van der Waals surface area contributed by atoms with Gasteiger partial charge in [-0.25, -0.2) is 4.39 Å². The Kier molecular flexibility index (Phi) is 7.51. The summed E-state index contributed by atoms with van der Waals surface area (Å²) in [4.78, 5) is 27.9. The van der Waals surface area contributed by atoms with Gasteiger partial charge < -0.3 is 14.4 Å². The van der Waals surface area contributed by atoms with Gasteiger partial charge >= 0.3 is 0 Å². The maximum atomic E-state index is 13.1. The molecule has 0 bridgehead atoms. The molecule has 8 heteroatoms. The molecule has 3 rings (SSSR count). The van der Waals surface area contributed by atoms with E-state index in [9.17, 15) is 14.0 Å². The number of methoxy groups -OCH3 is 1. The number of aldehydes is 1. The van der Waals surface area contributed by atoms with E-state index in [1.807, 2.05) is 6.92 Å². The molecule has 1 saturated heterocycles. The number of hydrogen-bond acceptors (Lipinski definition) is 5. The molecule has 1 heterocycles. The van der Waals surface area contributed by atoms with E-state index in [1.54, 1.807) is 17.0 Å². The summed E-state index contributed by atoms with van der Waals surface area (Å²) in [6.45, 7) is 5.82. The van der Waals surface area contributed by atoms with Gasteiger partial charge in [0.1, 0.15) is 12.1 Å². The third-order valence-electron chi connectivity index (χ3n) is 5.46. The fourth-order valence-corrected chi connectivity index (χ4v) is 4.03. The van der Waals surface area contributed by atoms with Gasteiger partial charge in [0.05, 0.1) is 12.1 Å². The average molecular weight is 449 g/mol. The Hall–Kier alpha value is -2.64. The highest BCUT2D eigenvalue weighted by Crippen LogP contribution is 2.36. The summed E-state index contributed by atoms with van der Waals surface area (Å²) >= 11 is 6.20. The quantitative estimate of drug-likeness (QED) is 0.603. The molecule has 0 aliphatic carbocycles. The third-order valence-corrected chi connectivity index (χ3v) is 5.74. The van der Waals surface area contributed by atoms with Gasteiger partial charge in [-0.15, -0.1) is 0 Å². The van der Waals surface area contributed by atoms with Crippen LogP contribution >= 0.6 is 11.6 Å². The number of halogens is 2. The maximum Gasteiger partial charge on any atom is 0.260 e. The summed E-state index contributed by atoms with van der Waals surface area (Å²) in [5.74, 6) is 0.128. The van der Waals surface area contributed by atoms with Crippen molar-refractivity contribution < 1.29 is 23.5 Å². The normalized spacial score (nSPS) is 19.2. The fourth-order valence-electron chi connectivity index (χ4n) is 3.76. The summed E-state index contributed by atoms with van der Waals surface area (Å²) in [6, 6.07) is 9.59. The number of benzene rings is 2. The molecule has 0 radical (unpaired) electrons. The zero-order valence-corrected chi connectivity index (χ0v) is 18.6. The van der Waals surface area contributed by atoms with Gasteiger partial charge in [0.25, 0.3) is 5.91 Å². The molecule has 2 aromatic rings. The molecule has 166 valence electrons. The van der Waals surface area contributed by atoms with Crippen molar-refractivity contribution in [1.29, 1.82) is 0 Å². The topological polar surface area (TPSA) is 59.1 Å². The Balaban J connectivity index is 1.62. The van der Waals surface area contributed by atoms with Crippen LogP contribution in [0, 0.1) is 5.82 Å². The molecule has 1 aliphatic rings. The molecule has 31 heavy (non-hydrogen) atoms. The van der Waals surface area contributed by atoms with Crippen molar-refractivity contribution in [1.82, 2.24) is 9.80 Å². The Bertz CT molecular complexity index is 938. The van der Waals surface area contributed by atoms with Crippen LogP contribution in [0.15, 0.2) is 36.4 Å². The average Bonchev–Trinajstić information content (AvgIpc) is 2.75. The van der Waals surface area contributed by atoms with Gasteiger partial charge in [-0.05, 0) is 43.7 Å². The lowest BCUT2D eigenvalue weighted by atomic mass is 10.1. The Morgan fingerprint density at radius 2 is 1.90 bits per heavy atom. The first-order valence-electron chi connectivity index (χ1n) is 10.1. The van der Waals surface area contributed by atoms with E-state index in [1.165, 1.54) is 31.4 Å². The third kappa shape index (κ3) is 5.54. The second kappa shape index (κ2) is 10.1. The van der Waals surface area contributed by atoms with Crippen LogP contribution in [0.1, 0.15) is 29.8 Å². The Morgan fingerprint density at radius 1 is 1.19 bits per heavy atom. The van der Waals surface area contributed by atoms with Gasteiger partial charge in [-0.1, -0.05) is 23.7 Å². The summed E-state index contributed by atoms with van der Waals surface area (Å²) in [5.41, 5.74) is 1.39. The van der Waals surface area contributed by atoms with Crippen LogP contribution in [-0.2, 0) is 11.3 Å². The molecule has 0 aromatic heterocycles. The highest BCUT2D eigenvalue weighted by molar-refractivity contribution is 6.32. The first-order chi connectivity index (χ1) is 14.8. The predicted molar refractivity (Wildman–Crippen MR) is 116 cm³/mol. The van der Waals surface area contributed by atoms with Gasteiger partial charge in [0.2, 0.25) is 0 Å². The molecular weight excluding hydrogens is 423 g/mol. The van der Waals surface area contributed by atoms with Crippen molar-refractivity contribution in [2.24, 2.45) is 0 Å². The minimum atomic E-state index is -0.252. The smallest absolute Gasteiger partial charge is 0.260 e. The largest absolute Gasteiger partial charge is 0.493 e. The zero-order valence-electron chi connectivity index (χ0n) is 17.8. The summed E-state index contributed by atoms with van der Waals surface area (Å²) in [5, 5.41) is 0.208. The number of rotatable bonds is 7. The van der Waals surface area contributed by atoms with Crippen molar-refractivity contribution in [2.45, 2.75) is 32.5 Å². The number of hydrogen-bond donors (Lipinski definition) is 0. The van der Waals surface area contributed by atoms with Crippen molar-refractivity contribution in [3.63, 3.8) is 0 Å². The number of carbonyl (C=O) groups excluding carboxylic acids is 2. The first-order valence-corrected chi connectivity index (χ1v) is 10.4. The molecule has 2 atom stereocenters. The Morgan fingerprint density at radius 3 is 2.55 bits per heavy atom. The summed E-state index contributed by atoms with van der Waals surface area (Å²) < 4.78 is 24.1. The van der Waals surface area contributed by atoms with Gasteiger partial charge in [-0.3, -0.25) is 14.5 Å². The zero-order chi connectivity index (χ0) is 22.5. The van der Waals surface area contributed by atoms with Crippen molar-refractivity contribution in [3.8, 4) is 11.5 Å². The number of piperazine rings is 1. The lowest BCUT2D eigenvalue weighted by Gasteiger charge is -2.44. The lowest BCUT2D eigenvalue weighted by Crippen LogP contribution is -2.58. The molecular formula is C23H26ClFN2O4. The SMILES string of the molecule is COc1cc(C=O)cc(Cl)c1OCC(=O)N1C[C@@H](C)N(Cc2ccc(F)cc2)C[C@@H]1C. The van der Waals surface area contributed by atoms with Crippen LogP contribution in [0.2, 0.25) is 5.02 Å². The molecule has 0 saturated carbocycles. The molecule has 0 unspecified atom stereocenters. The van der Waals surface area contributed by atoms with Crippen LogP contribution in [0.4, 0.5) is 4.39 Å². The van der Waals surface area contributed by atoms with Crippen LogP contribution in [0.5, 0.6) is 11.5 Å². The predicted octanol–water partition coefficient (Wildman–Crippen LogP) is 3.80. The minimum absolute atomic E-state index is 0.0115. The van der Waals surface area contributed by atoms with Crippen molar-refractivity contribution in [2.75, 3.05) is 26.8 Å². The molecule has 1 amide bonds. The van der Waals surface area contributed by atoms with Crippen LogP contribution in [0.25, 0.3) is 0 Å². The van der Waals surface area contributed by atoms with Crippen molar-refractivity contribution >= 4 is 23.8 Å². The maximum absolute atomic E-state index is 13.1. The van der Waals surface area contributed by atoms with E-state index in [0.29, 0.717) is 37.2 Å². The number of amides is 1. The van der Waals surface area contributed by atoms with Crippen molar-refractivity contribution in [3.05, 3.63) is 58.4 Å². The molecule has 1 aliphatic heterocycles. The molecule has 0 spiro atoms. The van der Waals surface area contributed by atoms with Crippen LogP contribution in [-0.4, -0.2) is 60.9 Å². The van der Waals surface area contributed by atoms with Crippen LogP contribution in [0.3, 0.4) is 0 Å². The summed E-state index contributed by atoms with van der Waals surface area (Å²) in [6.07, 6.45) is 0.665. The number of nitrogens with zero attached hydrogens (tertiary/aromatic N) is 2. The second-order valence-corrected chi connectivity index (χ2v) is 8.15. The van der Waals surface area contributed by atoms with E-state index in [0.717, 1.165) is 5.56 Å². The van der Waals surface area contributed by atoms with E-state index in [2.05, 4.69) is 11.8 Å². The molecule has 2 aromatic carbocycles. The van der Waals surface area contributed by atoms with E-state index in [-0.39, 0.29) is 41.2 Å². The molecule has 6 nitrogen and oxygen atoms in total. The molecule has 0 N–H and O–H groups in total. The van der Waals surface area contributed by atoms with E-state index < -0.39 is 0 Å². The summed E-state index contributed by atoms with van der Waals surface area (Å²) in [7, 11) is 1.44. The second-order valence-electron chi connectivity index (χ2n) is 7.74. The van der Waals surface area contributed by atoms with Gasteiger partial charge in [0, 0.05) is 37.3 Å². The monoisotopic (exact) mass is 448 g/mol. The number of carbonyl (C=O) groups is 2. The highest BCUT2D eigenvalue weighted by Gasteiger charge is 2.32. The van der Waals surface area contributed by atoms with E-state index >= 15 is 0 Å². The molecule has 1 fully saturated rings. The van der Waals surface area contributed by atoms with Gasteiger partial charge in [-0.2, -0.15) is 0 Å². The lowest BCUT2D eigenvalue weighted by molar-refractivity contribution is -0.139.